The lowest BCUT2D eigenvalue weighted by molar-refractivity contribution is 1.19. The normalized spacial score (nSPS) is 11.9. The van der Waals surface area contributed by atoms with Gasteiger partial charge in [0.05, 0.1) is 4.90 Å². The Hall–Kier alpha value is -1.63. The highest BCUT2D eigenvalue weighted by Gasteiger charge is 2.33. The topological polar surface area (TPSA) is 88.3 Å². The molecular formula is C9H11N3O3S. The molecule has 1 aromatic rings. The first-order chi connectivity index (χ1) is 7.50. The average Bonchev–Trinajstić information content (AvgIpc) is 2.28. The van der Waals surface area contributed by atoms with Crippen molar-refractivity contribution in [1.82, 2.24) is 0 Å². The number of hydrogen-bond acceptors (Lipinski definition) is 6. The largest absolute Gasteiger partial charge is 0.197 e. The van der Waals surface area contributed by atoms with Gasteiger partial charge in [-0.05, 0) is 43.5 Å². The van der Waals surface area contributed by atoms with E-state index in [0.29, 0.717) is 5.56 Å². The molecule has 0 fully saturated rings. The van der Waals surface area contributed by atoms with E-state index < -0.39 is 10.6 Å². The van der Waals surface area contributed by atoms with Crippen molar-refractivity contribution < 1.29 is 0 Å². The van der Waals surface area contributed by atoms with Gasteiger partial charge in [0.1, 0.15) is 0 Å². The monoisotopic (exact) mass is 241 g/mol. The number of nitrogens with zero attached hydrogens (tertiary/aromatic N) is 3. The summed E-state index contributed by atoms with van der Waals surface area (Å²) in [6, 6.07) is 3.35. The highest BCUT2D eigenvalue weighted by atomic mass is 32.3. The van der Waals surface area contributed by atoms with Crippen LogP contribution in [0.3, 0.4) is 0 Å². The van der Waals surface area contributed by atoms with Crippen molar-refractivity contribution in [2.45, 2.75) is 25.7 Å². The maximum atomic E-state index is 10.6. The van der Waals surface area contributed by atoms with Crippen molar-refractivity contribution >= 4 is 10.6 Å². The lowest BCUT2D eigenvalue weighted by Crippen LogP contribution is -1.95. The van der Waals surface area contributed by atoms with Gasteiger partial charge >= 0.3 is 0 Å². The SMILES string of the molecule is Cc1cc(C)c(S(N=O)(N=O)N=O)cc1C. The molecule has 1 aromatic carbocycles. The summed E-state index contributed by atoms with van der Waals surface area (Å²) in [5.41, 5.74) is 2.47. The van der Waals surface area contributed by atoms with Crippen LogP contribution in [0.25, 0.3) is 0 Å². The predicted octanol–water partition coefficient (Wildman–Crippen LogP) is 3.82. The van der Waals surface area contributed by atoms with E-state index >= 15 is 0 Å². The van der Waals surface area contributed by atoms with E-state index in [2.05, 4.69) is 13.7 Å². The van der Waals surface area contributed by atoms with Crippen LogP contribution in [0, 0.1) is 35.5 Å². The van der Waals surface area contributed by atoms with Crippen molar-refractivity contribution in [3.8, 4) is 0 Å². The lowest BCUT2D eigenvalue weighted by atomic mass is 10.1. The predicted molar refractivity (Wildman–Crippen MR) is 63.9 cm³/mol. The molecule has 0 atom stereocenters. The molecule has 0 aliphatic heterocycles. The van der Waals surface area contributed by atoms with Gasteiger partial charge in [-0.1, -0.05) is 6.07 Å². The summed E-state index contributed by atoms with van der Waals surface area (Å²) in [5, 5.41) is 0. The first kappa shape index (κ1) is 12.4. The molecule has 0 aliphatic carbocycles. The standard InChI is InChI=1S/C9H11N3O3S/c1-6-4-8(3)9(5-7(6)2)16(10-13,11-14)12-15/h4-5H,1-3H3. The molecule has 16 heavy (non-hydrogen) atoms. The maximum absolute atomic E-state index is 10.6. The molecule has 7 heteroatoms. The maximum Gasteiger partial charge on any atom is 0.197 e. The summed E-state index contributed by atoms with van der Waals surface area (Å²) in [4.78, 5) is 32.1. The van der Waals surface area contributed by atoms with Crippen molar-refractivity contribution in [1.29, 1.82) is 0 Å². The highest BCUT2D eigenvalue weighted by molar-refractivity contribution is 8.30. The van der Waals surface area contributed by atoms with Crippen LogP contribution in [0.5, 0.6) is 0 Å². The minimum absolute atomic E-state index is 0.218. The average molecular weight is 241 g/mol. The molecule has 1 rings (SSSR count). The van der Waals surface area contributed by atoms with Gasteiger partial charge in [0, 0.05) is 13.7 Å². The minimum Gasteiger partial charge on any atom is -0.135 e. The molecule has 86 valence electrons. The summed E-state index contributed by atoms with van der Waals surface area (Å²) >= 11 is 0. The molecule has 0 heterocycles. The van der Waals surface area contributed by atoms with Gasteiger partial charge in [-0.2, -0.15) is 0 Å². The zero-order chi connectivity index (χ0) is 12.3. The Kier molecular flexibility index (Phi) is 3.48. The smallest absolute Gasteiger partial charge is 0.135 e. The zero-order valence-corrected chi connectivity index (χ0v) is 9.95. The third-order valence-electron chi connectivity index (χ3n) is 2.40. The fourth-order valence-corrected chi connectivity index (χ4v) is 2.54. The molecule has 0 spiro atoms. The first-order valence-electron chi connectivity index (χ1n) is 4.45. The lowest BCUT2D eigenvalue weighted by Gasteiger charge is -2.17. The molecule has 0 N–H and O–H groups in total. The Balaban J connectivity index is 3.53. The fraction of sp³-hybridized carbons (Fsp3) is 0.333. The van der Waals surface area contributed by atoms with E-state index in [0.717, 1.165) is 11.1 Å². The zero-order valence-electron chi connectivity index (χ0n) is 9.13. The molecule has 0 unspecified atom stereocenters. The number of aryl methyl sites for hydroxylation is 3. The quantitative estimate of drug-likeness (QED) is 0.750. The van der Waals surface area contributed by atoms with E-state index in [-0.39, 0.29) is 4.90 Å². The summed E-state index contributed by atoms with van der Waals surface area (Å²) in [6.07, 6.45) is 0. The van der Waals surface area contributed by atoms with Gasteiger partial charge < -0.3 is 0 Å². The van der Waals surface area contributed by atoms with Crippen LogP contribution in [0.1, 0.15) is 16.7 Å². The number of hydrogen-bond donors (Lipinski definition) is 0. The Bertz CT molecular complexity index is 440. The Morgan fingerprint density at radius 3 is 1.69 bits per heavy atom. The molecule has 0 saturated carbocycles. The molecule has 6 nitrogen and oxygen atoms in total. The Labute approximate surface area is 94.1 Å². The minimum atomic E-state index is -3.35. The van der Waals surface area contributed by atoms with Crippen molar-refractivity contribution in [3.63, 3.8) is 0 Å². The summed E-state index contributed by atoms with van der Waals surface area (Å²) in [6.45, 7) is 5.38. The molecule has 0 aliphatic rings. The van der Waals surface area contributed by atoms with E-state index in [4.69, 9.17) is 0 Å². The molecule has 0 bridgehead atoms. The Morgan fingerprint density at radius 1 is 0.812 bits per heavy atom. The molecular weight excluding hydrogens is 230 g/mol. The third-order valence-corrected chi connectivity index (χ3v) is 4.05. The molecule has 0 saturated heterocycles. The van der Waals surface area contributed by atoms with Crippen molar-refractivity contribution in [2.24, 2.45) is 13.7 Å². The van der Waals surface area contributed by atoms with Crippen LogP contribution in [0.2, 0.25) is 0 Å². The summed E-state index contributed by atoms with van der Waals surface area (Å²) in [7, 11) is -3.35. The van der Waals surface area contributed by atoms with Gasteiger partial charge in [0.2, 0.25) is 0 Å². The van der Waals surface area contributed by atoms with E-state index in [9.17, 15) is 14.7 Å². The molecule has 0 radical (unpaired) electrons. The van der Waals surface area contributed by atoms with Gasteiger partial charge in [0.25, 0.3) is 0 Å². The third kappa shape index (κ3) is 1.85. The van der Waals surface area contributed by atoms with Crippen molar-refractivity contribution in [3.05, 3.63) is 43.5 Å². The molecule has 0 aromatic heterocycles. The first-order valence-corrected chi connectivity index (χ1v) is 5.96. The van der Waals surface area contributed by atoms with Gasteiger partial charge in [-0.25, -0.2) is 0 Å². The van der Waals surface area contributed by atoms with E-state index in [1.54, 1.807) is 19.1 Å². The van der Waals surface area contributed by atoms with Gasteiger partial charge in [-0.3, -0.25) is 0 Å². The van der Waals surface area contributed by atoms with E-state index in [1.165, 1.54) is 0 Å². The summed E-state index contributed by atoms with van der Waals surface area (Å²) < 4.78 is 7.60. The van der Waals surface area contributed by atoms with E-state index in [1.807, 2.05) is 13.8 Å². The number of rotatable bonds is 4. The Morgan fingerprint density at radius 2 is 1.25 bits per heavy atom. The molecule has 0 amide bonds. The number of nitroso groups, excluding NO2 is 3. The van der Waals surface area contributed by atoms with Crippen molar-refractivity contribution in [2.75, 3.05) is 0 Å². The fourth-order valence-electron chi connectivity index (χ4n) is 1.39. The highest BCUT2D eigenvalue weighted by Crippen LogP contribution is 2.60. The van der Waals surface area contributed by atoms with Crippen LogP contribution in [0.15, 0.2) is 30.8 Å². The van der Waals surface area contributed by atoms with Crippen LogP contribution in [-0.2, 0) is 0 Å². The second-order valence-corrected chi connectivity index (χ2v) is 5.37. The van der Waals surface area contributed by atoms with Crippen LogP contribution >= 0.6 is 10.6 Å². The van der Waals surface area contributed by atoms with Gasteiger partial charge in [0.15, 0.2) is 10.6 Å². The van der Waals surface area contributed by atoms with Crippen LogP contribution in [-0.4, -0.2) is 0 Å². The van der Waals surface area contributed by atoms with Gasteiger partial charge in [-0.15, -0.1) is 14.7 Å². The second kappa shape index (κ2) is 4.48. The number of benzene rings is 1. The summed E-state index contributed by atoms with van der Waals surface area (Å²) in [5.74, 6) is 0. The van der Waals surface area contributed by atoms with Crippen LogP contribution in [0.4, 0.5) is 0 Å². The second-order valence-electron chi connectivity index (χ2n) is 3.44. The van der Waals surface area contributed by atoms with Crippen LogP contribution < -0.4 is 0 Å².